The topological polar surface area (TPSA) is 98.7 Å². The first-order chi connectivity index (χ1) is 22.0. The summed E-state index contributed by atoms with van der Waals surface area (Å²) >= 11 is 0. The summed E-state index contributed by atoms with van der Waals surface area (Å²) in [5, 5.41) is 17.6. The molecule has 3 amide bonds. The molecule has 0 aliphatic carbocycles. The number of benzene rings is 4. The zero-order valence-corrected chi connectivity index (χ0v) is 27.0. The minimum Gasteiger partial charge on any atom is -0.391 e. The fourth-order valence-corrected chi connectivity index (χ4v) is 5.93. The number of carbonyl (C=O) groups is 3. The van der Waals surface area contributed by atoms with Gasteiger partial charge in [0, 0.05) is 41.7 Å². The van der Waals surface area contributed by atoms with Gasteiger partial charge in [-0.25, -0.2) is 0 Å². The average Bonchev–Trinajstić information content (AvgIpc) is 3.04. The van der Waals surface area contributed by atoms with Gasteiger partial charge in [0.15, 0.2) is 0 Å². The van der Waals surface area contributed by atoms with Gasteiger partial charge in [0.2, 0.25) is 0 Å². The number of hydrogen-bond donors (Lipinski definition) is 3. The van der Waals surface area contributed by atoms with Crippen LogP contribution >= 0.6 is 0 Å². The minimum atomic E-state index is -0.993. The standard InChI is InChI=1S/C39H43N3O4/c1-26-18-19-30(23-33(26)38(46)42-21-20-28-14-8-9-16-31(28)25-42)36(44)40-34(22-27-12-6-5-7-13-27)35(43)24-29-15-10-11-17-32(29)37(45)41-39(2,3)4/h5-19,23,34-35,43H,20-22,24-25H2,1-4H3,(H,40,44)(H,41,45)/t34-,35-/m0/s1. The van der Waals surface area contributed by atoms with Crippen molar-refractivity contribution in [3.8, 4) is 0 Å². The Kier molecular flexibility index (Phi) is 10.0. The van der Waals surface area contributed by atoms with Gasteiger partial charge < -0.3 is 20.6 Å². The van der Waals surface area contributed by atoms with E-state index in [1.54, 1.807) is 30.3 Å². The van der Waals surface area contributed by atoms with Crippen LogP contribution in [0.4, 0.5) is 0 Å². The molecule has 4 aromatic rings. The third-order valence-electron chi connectivity index (χ3n) is 8.41. The van der Waals surface area contributed by atoms with Gasteiger partial charge in [-0.3, -0.25) is 14.4 Å². The van der Waals surface area contributed by atoms with E-state index in [1.165, 1.54) is 5.56 Å². The highest BCUT2D eigenvalue weighted by Gasteiger charge is 2.27. The summed E-state index contributed by atoms with van der Waals surface area (Å²) in [6.45, 7) is 8.79. The first-order valence-electron chi connectivity index (χ1n) is 15.9. The summed E-state index contributed by atoms with van der Waals surface area (Å²) in [4.78, 5) is 42.3. The molecule has 1 aliphatic rings. The molecule has 1 heterocycles. The van der Waals surface area contributed by atoms with E-state index in [1.807, 2.05) is 87.2 Å². The highest BCUT2D eigenvalue weighted by Crippen LogP contribution is 2.23. The molecule has 238 valence electrons. The number of aliphatic hydroxyl groups is 1. The molecule has 4 aromatic carbocycles. The third kappa shape index (κ3) is 8.09. The summed E-state index contributed by atoms with van der Waals surface area (Å²) in [7, 11) is 0. The molecule has 7 heteroatoms. The molecule has 2 atom stereocenters. The second-order valence-electron chi connectivity index (χ2n) is 13.2. The molecule has 3 N–H and O–H groups in total. The van der Waals surface area contributed by atoms with E-state index in [4.69, 9.17) is 0 Å². The lowest BCUT2D eigenvalue weighted by Crippen LogP contribution is -2.46. The lowest BCUT2D eigenvalue weighted by molar-refractivity contribution is 0.0733. The smallest absolute Gasteiger partial charge is 0.254 e. The molecule has 46 heavy (non-hydrogen) atoms. The van der Waals surface area contributed by atoms with Crippen LogP contribution in [0.3, 0.4) is 0 Å². The maximum Gasteiger partial charge on any atom is 0.254 e. The summed E-state index contributed by atoms with van der Waals surface area (Å²) in [6.07, 6.45) is 0.350. The first kappa shape index (κ1) is 32.6. The van der Waals surface area contributed by atoms with E-state index in [9.17, 15) is 19.5 Å². The van der Waals surface area contributed by atoms with Gasteiger partial charge in [-0.1, -0.05) is 78.9 Å². The number of aliphatic hydroxyl groups excluding tert-OH is 1. The van der Waals surface area contributed by atoms with E-state index in [0.29, 0.717) is 41.8 Å². The Labute approximate surface area is 271 Å². The monoisotopic (exact) mass is 617 g/mol. The van der Waals surface area contributed by atoms with Gasteiger partial charge in [-0.05, 0) is 86.6 Å². The van der Waals surface area contributed by atoms with Crippen molar-refractivity contribution < 1.29 is 19.5 Å². The van der Waals surface area contributed by atoms with Crippen LogP contribution in [0, 0.1) is 6.92 Å². The summed E-state index contributed by atoms with van der Waals surface area (Å²) in [5.74, 6) is -0.697. The Balaban J connectivity index is 1.36. The molecular formula is C39H43N3O4. The van der Waals surface area contributed by atoms with Crippen LogP contribution < -0.4 is 10.6 Å². The molecule has 1 aliphatic heterocycles. The Morgan fingerprint density at radius 2 is 1.48 bits per heavy atom. The molecule has 0 saturated carbocycles. The van der Waals surface area contributed by atoms with Crippen molar-refractivity contribution in [2.45, 2.75) is 71.2 Å². The number of hydrogen-bond acceptors (Lipinski definition) is 4. The van der Waals surface area contributed by atoms with Crippen LogP contribution in [0.15, 0.2) is 97.1 Å². The van der Waals surface area contributed by atoms with Gasteiger partial charge >= 0.3 is 0 Å². The maximum absolute atomic E-state index is 13.7. The van der Waals surface area contributed by atoms with E-state index in [0.717, 1.165) is 23.1 Å². The zero-order chi connectivity index (χ0) is 32.8. The molecule has 0 saturated heterocycles. The quantitative estimate of drug-likeness (QED) is 0.226. The van der Waals surface area contributed by atoms with Crippen LogP contribution in [0.1, 0.15) is 79.7 Å². The Morgan fingerprint density at radius 3 is 2.22 bits per heavy atom. The van der Waals surface area contributed by atoms with Crippen molar-refractivity contribution >= 4 is 17.7 Å². The van der Waals surface area contributed by atoms with E-state index in [2.05, 4.69) is 22.8 Å². The molecule has 0 fully saturated rings. The lowest BCUT2D eigenvalue weighted by atomic mass is 9.93. The predicted octanol–water partition coefficient (Wildman–Crippen LogP) is 5.67. The van der Waals surface area contributed by atoms with Gasteiger partial charge in [-0.15, -0.1) is 0 Å². The number of carbonyl (C=O) groups excluding carboxylic acids is 3. The number of rotatable bonds is 9. The average molecular weight is 618 g/mol. The van der Waals surface area contributed by atoms with Gasteiger partial charge in [0.1, 0.15) is 0 Å². The number of fused-ring (bicyclic) bond motifs is 1. The highest BCUT2D eigenvalue weighted by molar-refractivity contribution is 6.01. The van der Waals surface area contributed by atoms with Gasteiger partial charge in [0.25, 0.3) is 17.7 Å². The number of amides is 3. The SMILES string of the molecule is Cc1ccc(C(=O)N[C@@H](Cc2ccccc2)[C@@H](O)Cc2ccccc2C(=O)NC(C)(C)C)cc1C(=O)N1CCc2ccccc2C1. The van der Waals surface area contributed by atoms with E-state index >= 15 is 0 Å². The van der Waals surface area contributed by atoms with Crippen LogP contribution in [0.5, 0.6) is 0 Å². The Morgan fingerprint density at radius 1 is 0.804 bits per heavy atom. The largest absolute Gasteiger partial charge is 0.391 e. The summed E-state index contributed by atoms with van der Waals surface area (Å²) < 4.78 is 0. The minimum absolute atomic E-state index is 0.104. The number of aryl methyl sites for hydroxylation is 1. The fraction of sp³-hybridized carbons (Fsp3) is 0.308. The fourth-order valence-electron chi connectivity index (χ4n) is 5.93. The van der Waals surface area contributed by atoms with Crippen molar-refractivity contribution in [1.29, 1.82) is 0 Å². The van der Waals surface area contributed by atoms with Crippen molar-refractivity contribution in [2.24, 2.45) is 0 Å². The van der Waals surface area contributed by atoms with E-state index < -0.39 is 17.7 Å². The molecule has 0 bridgehead atoms. The molecule has 0 radical (unpaired) electrons. The lowest BCUT2D eigenvalue weighted by Gasteiger charge is -2.29. The first-order valence-corrected chi connectivity index (χ1v) is 15.9. The van der Waals surface area contributed by atoms with Gasteiger partial charge in [-0.2, -0.15) is 0 Å². The van der Waals surface area contributed by atoms with Crippen LogP contribution in [0.2, 0.25) is 0 Å². The van der Waals surface area contributed by atoms with Gasteiger partial charge in [0.05, 0.1) is 12.1 Å². The number of nitrogens with one attached hydrogen (secondary N) is 2. The normalized spacial score (nSPS) is 14.2. The van der Waals surface area contributed by atoms with Crippen molar-refractivity contribution in [2.75, 3.05) is 6.54 Å². The second kappa shape index (κ2) is 14.1. The zero-order valence-electron chi connectivity index (χ0n) is 27.0. The van der Waals surface area contributed by atoms with E-state index in [-0.39, 0.29) is 24.1 Å². The molecule has 7 nitrogen and oxygen atoms in total. The molecule has 0 spiro atoms. The number of nitrogens with zero attached hydrogens (tertiary/aromatic N) is 1. The Bertz CT molecular complexity index is 1710. The van der Waals surface area contributed by atoms with Crippen LogP contribution in [0.25, 0.3) is 0 Å². The highest BCUT2D eigenvalue weighted by atomic mass is 16.3. The van der Waals surface area contributed by atoms with Crippen LogP contribution in [-0.4, -0.2) is 52.0 Å². The molecule has 5 rings (SSSR count). The van der Waals surface area contributed by atoms with Crippen molar-refractivity contribution in [3.63, 3.8) is 0 Å². The second-order valence-corrected chi connectivity index (χ2v) is 13.2. The predicted molar refractivity (Wildman–Crippen MR) is 181 cm³/mol. The maximum atomic E-state index is 13.7. The molecule has 0 unspecified atom stereocenters. The van der Waals surface area contributed by atoms with Crippen molar-refractivity contribution in [1.82, 2.24) is 15.5 Å². The third-order valence-corrected chi connectivity index (χ3v) is 8.41. The Hall–Kier alpha value is -4.75. The summed E-state index contributed by atoms with van der Waals surface area (Å²) in [6, 6.07) is 29.6. The molecular weight excluding hydrogens is 574 g/mol. The van der Waals surface area contributed by atoms with Crippen molar-refractivity contribution in [3.05, 3.63) is 142 Å². The molecule has 0 aromatic heterocycles. The van der Waals surface area contributed by atoms with Crippen LogP contribution in [-0.2, 0) is 25.8 Å². The summed E-state index contributed by atoms with van der Waals surface area (Å²) in [5.41, 5.74) is 5.76.